The largest absolute Gasteiger partial charge is 0.364 e. The zero-order valence-corrected chi connectivity index (χ0v) is 11.8. The Hall–Kier alpha value is -1.95. The molecule has 0 fully saturated rings. The number of halogens is 1. The summed E-state index contributed by atoms with van der Waals surface area (Å²) in [5.74, 6) is 0.609. The predicted molar refractivity (Wildman–Crippen MR) is 77.1 cm³/mol. The maximum absolute atomic E-state index is 10.5. The molecule has 1 N–H and O–H groups in total. The van der Waals surface area contributed by atoms with Crippen molar-refractivity contribution in [2.75, 3.05) is 5.32 Å². The Kier molecular flexibility index (Phi) is 4.11. The van der Waals surface area contributed by atoms with Crippen molar-refractivity contribution in [3.63, 3.8) is 0 Å². The van der Waals surface area contributed by atoms with Crippen molar-refractivity contribution in [2.45, 2.75) is 13.0 Å². The Morgan fingerprint density at radius 1 is 1.37 bits per heavy atom. The van der Waals surface area contributed by atoms with Crippen LogP contribution in [0.5, 0.6) is 0 Å². The molecule has 0 saturated heterocycles. The van der Waals surface area contributed by atoms with Crippen LogP contribution in [0.15, 0.2) is 47.1 Å². The van der Waals surface area contributed by atoms with Gasteiger partial charge in [-0.25, -0.2) is 4.98 Å². The van der Waals surface area contributed by atoms with E-state index in [0.717, 1.165) is 10.0 Å². The van der Waals surface area contributed by atoms with Crippen LogP contribution in [0.2, 0.25) is 0 Å². The van der Waals surface area contributed by atoms with Gasteiger partial charge >= 0.3 is 0 Å². The van der Waals surface area contributed by atoms with Crippen molar-refractivity contribution >= 4 is 27.4 Å². The molecule has 19 heavy (non-hydrogen) atoms. The van der Waals surface area contributed by atoms with Crippen LogP contribution in [0.1, 0.15) is 18.5 Å². The van der Waals surface area contributed by atoms with Gasteiger partial charge in [0.1, 0.15) is 12.0 Å². The molecule has 0 aliphatic carbocycles. The Labute approximate surface area is 119 Å². The van der Waals surface area contributed by atoms with Crippen molar-refractivity contribution in [2.24, 2.45) is 0 Å². The van der Waals surface area contributed by atoms with Crippen molar-refractivity contribution in [3.05, 3.63) is 62.7 Å². The molecule has 2 rings (SSSR count). The maximum Gasteiger partial charge on any atom is 0.287 e. The monoisotopic (exact) mass is 321 g/mol. The molecule has 0 saturated carbocycles. The molecule has 5 nitrogen and oxygen atoms in total. The van der Waals surface area contributed by atoms with Crippen molar-refractivity contribution in [1.29, 1.82) is 0 Å². The van der Waals surface area contributed by atoms with Crippen LogP contribution < -0.4 is 5.32 Å². The van der Waals surface area contributed by atoms with Crippen LogP contribution in [0.3, 0.4) is 0 Å². The minimum Gasteiger partial charge on any atom is -0.364 e. The fourth-order valence-corrected chi connectivity index (χ4v) is 2.08. The van der Waals surface area contributed by atoms with E-state index in [2.05, 4.69) is 26.2 Å². The van der Waals surface area contributed by atoms with Crippen molar-refractivity contribution in [1.82, 2.24) is 4.98 Å². The van der Waals surface area contributed by atoms with Gasteiger partial charge in [0.25, 0.3) is 5.69 Å². The van der Waals surface area contributed by atoms with Crippen LogP contribution in [-0.4, -0.2) is 9.91 Å². The number of anilines is 1. The average Bonchev–Trinajstić information content (AvgIpc) is 2.39. The molecule has 1 heterocycles. The molecular weight excluding hydrogens is 310 g/mol. The lowest BCUT2D eigenvalue weighted by atomic mass is 10.1. The highest BCUT2D eigenvalue weighted by Gasteiger charge is 2.09. The van der Waals surface area contributed by atoms with Crippen LogP contribution in [0.4, 0.5) is 11.5 Å². The topological polar surface area (TPSA) is 68.1 Å². The van der Waals surface area contributed by atoms with Crippen LogP contribution in [0.25, 0.3) is 0 Å². The zero-order valence-electron chi connectivity index (χ0n) is 10.2. The standard InChI is InChI=1S/C13H12BrN3O2/c1-9(10-3-2-4-11(14)7-10)16-13-6-5-12(8-15-13)17(18)19/h2-9H,1H3,(H,15,16)/t9-/m0/s1. The van der Waals surface area contributed by atoms with E-state index in [1.54, 1.807) is 6.07 Å². The van der Waals surface area contributed by atoms with Crippen LogP contribution in [-0.2, 0) is 0 Å². The average molecular weight is 322 g/mol. The third-order valence-electron chi connectivity index (χ3n) is 2.67. The number of rotatable bonds is 4. The molecule has 0 radical (unpaired) electrons. The van der Waals surface area contributed by atoms with Crippen LogP contribution in [0, 0.1) is 10.1 Å². The van der Waals surface area contributed by atoms with Gasteiger partial charge in [-0.05, 0) is 30.7 Å². The van der Waals surface area contributed by atoms with Gasteiger partial charge in [-0.3, -0.25) is 10.1 Å². The molecular formula is C13H12BrN3O2. The minimum absolute atomic E-state index is 0.0133. The van der Waals surface area contributed by atoms with Gasteiger partial charge in [0.2, 0.25) is 0 Å². The van der Waals surface area contributed by atoms with Gasteiger partial charge < -0.3 is 5.32 Å². The number of pyridine rings is 1. The first kappa shape index (κ1) is 13.5. The second-order valence-electron chi connectivity index (χ2n) is 4.08. The molecule has 0 spiro atoms. The summed E-state index contributed by atoms with van der Waals surface area (Å²) >= 11 is 3.42. The summed E-state index contributed by atoms with van der Waals surface area (Å²) in [5.41, 5.74) is 1.09. The van der Waals surface area contributed by atoms with Gasteiger partial charge in [0.15, 0.2) is 0 Å². The molecule has 1 aromatic heterocycles. The van der Waals surface area contributed by atoms with Gasteiger partial charge in [0.05, 0.1) is 4.92 Å². The normalized spacial score (nSPS) is 11.9. The molecule has 6 heteroatoms. The summed E-state index contributed by atoms with van der Waals surface area (Å²) in [7, 11) is 0. The van der Waals surface area contributed by atoms with E-state index in [0.29, 0.717) is 5.82 Å². The highest BCUT2D eigenvalue weighted by atomic mass is 79.9. The van der Waals surface area contributed by atoms with E-state index in [9.17, 15) is 10.1 Å². The van der Waals surface area contributed by atoms with E-state index in [4.69, 9.17) is 0 Å². The fourth-order valence-electron chi connectivity index (χ4n) is 1.66. The van der Waals surface area contributed by atoms with Crippen molar-refractivity contribution in [3.8, 4) is 0 Å². The Bertz CT molecular complexity index is 587. The van der Waals surface area contributed by atoms with Gasteiger partial charge in [0, 0.05) is 16.6 Å². The molecule has 1 atom stereocenters. The Balaban J connectivity index is 2.10. The molecule has 0 aliphatic rings. The molecule has 2 aromatic rings. The summed E-state index contributed by atoms with van der Waals surface area (Å²) < 4.78 is 1.01. The molecule has 0 amide bonds. The SMILES string of the molecule is C[C@H](Nc1ccc([N+](=O)[O-])cn1)c1cccc(Br)c1. The lowest BCUT2D eigenvalue weighted by molar-refractivity contribution is -0.385. The van der Waals surface area contributed by atoms with Gasteiger partial charge in [-0.15, -0.1) is 0 Å². The molecule has 1 aromatic carbocycles. The molecule has 0 unspecified atom stereocenters. The first-order valence-corrected chi connectivity index (χ1v) is 6.48. The molecule has 0 aliphatic heterocycles. The number of nitrogens with one attached hydrogen (secondary N) is 1. The van der Waals surface area contributed by atoms with Gasteiger partial charge in [-0.2, -0.15) is 0 Å². The number of benzene rings is 1. The number of nitrogens with zero attached hydrogens (tertiary/aromatic N) is 2. The van der Waals surface area contributed by atoms with E-state index >= 15 is 0 Å². The number of nitro groups is 1. The predicted octanol–water partition coefficient (Wildman–Crippen LogP) is 3.93. The lowest BCUT2D eigenvalue weighted by Gasteiger charge is -2.15. The lowest BCUT2D eigenvalue weighted by Crippen LogP contribution is -2.07. The smallest absolute Gasteiger partial charge is 0.287 e. The second-order valence-corrected chi connectivity index (χ2v) is 5.00. The summed E-state index contributed by atoms with van der Waals surface area (Å²) in [6.07, 6.45) is 1.25. The zero-order chi connectivity index (χ0) is 13.8. The van der Waals surface area contributed by atoms with Crippen LogP contribution >= 0.6 is 15.9 Å². The van der Waals surface area contributed by atoms with Gasteiger partial charge in [-0.1, -0.05) is 28.1 Å². The van der Waals surface area contributed by atoms with Crippen molar-refractivity contribution < 1.29 is 4.92 Å². The van der Waals surface area contributed by atoms with E-state index < -0.39 is 4.92 Å². The van der Waals surface area contributed by atoms with E-state index in [-0.39, 0.29) is 11.7 Å². The van der Waals surface area contributed by atoms with E-state index in [1.807, 2.05) is 31.2 Å². The number of hydrogen-bond acceptors (Lipinski definition) is 4. The summed E-state index contributed by atoms with van der Waals surface area (Å²) in [6.45, 7) is 2.00. The third kappa shape index (κ3) is 3.51. The summed E-state index contributed by atoms with van der Waals surface area (Å²) in [5, 5.41) is 13.7. The summed E-state index contributed by atoms with van der Waals surface area (Å²) in [6, 6.07) is 11.0. The van der Waals surface area contributed by atoms with E-state index in [1.165, 1.54) is 12.3 Å². The minimum atomic E-state index is -0.464. The number of aromatic nitrogens is 1. The molecule has 0 bridgehead atoms. The third-order valence-corrected chi connectivity index (χ3v) is 3.17. The summed E-state index contributed by atoms with van der Waals surface area (Å²) in [4.78, 5) is 14.1. The first-order chi connectivity index (χ1) is 9.06. The Morgan fingerprint density at radius 2 is 2.16 bits per heavy atom. The molecule has 98 valence electrons. The highest BCUT2D eigenvalue weighted by Crippen LogP contribution is 2.21. The number of hydrogen-bond donors (Lipinski definition) is 1. The Morgan fingerprint density at radius 3 is 2.74 bits per heavy atom. The maximum atomic E-state index is 10.5. The first-order valence-electron chi connectivity index (χ1n) is 5.68. The second kappa shape index (κ2) is 5.79. The quantitative estimate of drug-likeness (QED) is 0.684. The highest BCUT2D eigenvalue weighted by molar-refractivity contribution is 9.10. The fraction of sp³-hybridized carbons (Fsp3) is 0.154.